The average Bonchev–Trinajstić information content (AvgIpc) is 2.98. The quantitative estimate of drug-likeness (QED) is 0.379. The van der Waals surface area contributed by atoms with Gasteiger partial charge < -0.3 is 9.84 Å². The number of aromatic hydroxyl groups is 1. The zero-order valence-electron chi connectivity index (χ0n) is 13.6. The first-order chi connectivity index (χ1) is 12.5. The smallest absolute Gasteiger partial charge is 0.216 e. The second kappa shape index (κ2) is 8.15. The number of phenols is 1. The zero-order valence-corrected chi connectivity index (χ0v) is 17.6. The average molecular weight is 498 g/mol. The van der Waals surface area contributed by atoms with E-state index in [1.165, 1.54) is 10.9 Å². The summed E-state index contributed by atoms with van der Waals surface area (Å²) >= 11 is 12.0. The second-order valence-corrected chi connectivity index (χ2v) is 7.35. The molecule has 0 saturated heterocycles. The minimum atomic E-state index is 0.0897. The zero-order chi connectivity index (χ0) is 18.7. The molecule has 0 atom stereocenters. The predicted octanol–water partition coefficient (Wildman–Crippen LogP) is 5.12. The first kappa shape index (κ1) is 18.8. The molecule has 2 N–H and O–H groups in total. The standard InChI is InChI=1S/C17H14Br2N4O2S/c1-2-25-13-5-3-4-10(7-13)16-21-22-17(26)23(16)20-9-11-6-12(18)8-14(19)15(11)24/h3-9,24H,2H2,1H3,(H,22,26)/b20-9-. The van der Waals surface area contributed by atoms with Crippen LogP contribution in [0.5, 0.6) is 11.5 Å². The lowest BCUT2D eigenvalue weighted by molar-refractivity contribution is 0.340. The summed E-state index contributed by atoms with van der Waals surface area (Å²) in [6, 6.07) is 11.0. The van der Waals surface area contributed by atoms with Gasteiger partial charge in [-0.25, -0.2) is 5.10 Å². The van der Waals surface area contributed by atoms with Gasteiger partial charge in [-0.05, 0) is 59.3 Å². The molecule has 0 aliphatic heterocycles. The van der Waals surface area contributed by atoms with Gasteiger partial charge in [0.05, 0.1) is 17.3 Å². The SMILES string of the molecule is CCOc1cccc(-c2n[nH]c(=S)n2/N=C\c2cc(Br)cc(Br)c2O)c1. The number of hydrogen-bond donors (Lipinski definition) is 2. The van der Waals surface area contributed by atoms with Crippen LogP contribution >= 0.6 is 44.1 Å². The van der Waals surface area contributed by atoms with E-state index in [9.17, 15) is 5.11 Å². The third-order valence-corrected chi connectivity index (χ3v) is 4.75. The lowest BCUT2D eigenvalue weighted by Crippen LogP contribution is -1.97. The van der Waals surface area contributed by atoms with Crippen molar-refractivity contribution in [2.45, 2.75) is 6.92 Å². The van der Waals surface area contributed by atoms with Gasteiger partial charge in [-0.3, -0.25) is 0 Å². The number of ether oxygens (including phenoxy) is 1. The summed E-state index contributed by atoms with van der Waals surface area (Å²) in [5.74, 6) is 1.37. The summed E-state index contributed by atoms with van der Waals surface area (Å²) in [6.45, 7) is 2.50. The van der Waals surface area contributed by atoms with Crippen molar-refractivity contribution in [3.8, 4) is 22.9 Å². The van der Waals surface area contributed by atoms with Crippen LogP contribution in [0, 0.1) is 4.77 Å². The number of nitrogens with one attached hydrogen (secondary N) is 1. The monoisotopic (exact) mass is 496 g/mol. The number of halogens is 2. The highest BCUT2D eigenvalue weighted by atomic mass is 79.9. The first-order valence-corrected chi connectivity index (χ1v) is 9.62. The van der Waals surface area contributed by atoms with Crippen LogP contribution in [0.25, 0.3) is 11.4 Å². The second-order valence-electron chi connectivity index (χ2n) is 5.20. The Hall–Kier alpha value is -1.97. The molecule has 0 aliphatic rings. The van der Waals surface area contributed by atoms with E-state index in [1.54, 1.807) is 12.1 Å². The van der Waals surface area contributed by atoms with Crippen LogP contribution in [-0.2, 0) is 0 Å². The fourth-order valence-electron chi connectivity index (χ4n) is 2.28. The summed E-state index contributed by atoms with van der Waals surface area (Å²) < 4.78 is 8.74. The fourth-order valence-corrected chi connectivity index (χ4v) is 3.72. The Morgan fingerprint density at radius 2 is 2.15 bits per heavy atom. The molecule has 0 spiro atoms. The third-order valence-electron chi connectivity index (χ3n) is 3.42. The number of hydrogen-bond acceptors (Lipinski definition) is 5. The summed E-state index contributed by atoms with van der Waals surface area (Å²) in [7, 11) is 0. The fraction of sp³-hybridized carbons (Fsp3) is 0.118. The van der Waals surface area contributed by atoms with Gasteiger partial charge in [-0.2, -0.15) is 14.9 Å². The molecule has 0 aliphatic carbocycles. The molecular weight excluding hydrogens is 484 g/mol. The minimum absolute atomic E-state index is 0.0897. The summed E-state index contributed by atoms with van der Waals surface area (Å²) in [5.41, 5.74) is 1.34. The number of aromatic nitrogens is 3. The van der Waals surface area contributed by atoms with Gasteiger partial charge in [-0.1, -0.05) is 28.1 Å². The molecular formula is C17H14Br2N4O2S. The van der Waals surface area contributed by atoms with E-state index < -0.39 is 0 Å². The Morgan fingerprint density at radius 3 is 2.92 bits per heavy atom. The molecule has 6 nitrogen and oxygen atoms in total. The summed E-state index contributed by atoms with van der Waals surface area (Å²) in [6.07, 6.45) is 1.52. The van der Waals surface area contributed by atoms with Crippen LogP contribution in [0.1, 0.15) is 12.5 Å². The number of nitrogens with zero attached hydrogens (tertiary/aromatic N) is 3. The highest BCUT2D eigenvalue weighted by Gasteiger charge is 2.10. The molecule has 3 rings (SSSR count). The van der Waals surface area contributed by atoms with Crippen molar-refractivity contribution in [3.05, 3.63) is 55.7 Å². The van der Waals surface area contributed by atoms with Crippen LogP contribution in [0.4, 0.5) is 0 Å². The Bertz CT molecular complexity index is 1030. The van der Waals surface area contributed by atoms with Gasteiger partial charge in [0.25, 0.3) is 0 Å². The summed E-state index contributed by atoms with van der Waals surface area (Å²) in [4.78, 5) is 0. The van der Waals surface area contributed by atoms with Crippen LogP contribution in [0.15, 0.2) is 50.4 Å². The van der Waals surface area contributed by atoms with Crippen molar-refractivity contribution >= 4 is 50.3 Å². The first-order valence-electron chi connectivity index (χ1n) is 7.62. The molecule has 134 valence electrons. The topological polar surface area (TPSA) is 75.4 Å². The van der Waals surface area contributed by atoms with Crippen LogP contribution < -0.4 is 4.74 Å². The molecule has 0 amide bonds. The van der Waals surface area contributed by atoms with E-state index in [4.69, 9.17) is 17.0 Å². The van der Waals surface area contributed by atoms with Gasteiger partial charge in [0, 0.05) is 15.6 Å². The normalized spacial score (nSPS) is 11.2. The number of benzene rings is 2. The molecule has 1 heterocycles. The van der Waals surface area contributed by atoms with E-state index in [1.807, 2.05) is 31.2 Å². The van der Waals surface area contributed by atoms with Crippen molar-refractivity contribution in [2.24, 2.45) is 5.10 Å². The lowest BCUT2D eigenvalue weighted by Gasteiger charge is -2.06. The molecule has 2 aromatic carbocycles. The van der Waals surface area contributed by atoms with Crippen LogP contribution in [0.2, 0.25) is 0 Å². The Balaban J connectivity index is 2.02. The molecule has 0 saturated carbocycles. The predicted molar refractivity (Wildman–Crippen MR) is 111 cm³/mol. The van der Waals surface area contributed by atoms with Gasteiger partial charge in [-0.15, -0.1) is 0 Å². The minimum Gasteiger partial charge on any atom is -0.506 e. The highest BCUT2D eigenvalue weighted by Crippen LogP contribution is 2.31. The highest BCUT2D eigenvalue weighted by molar-refractivity contribution is 9.11. The number of aromatic amines is 1. The number of rotatable bonds is 5. The molecule has 1 aromatic heterocycles. The van der Waals surface area contributed by atoms with E-state index in [0.717, 1.165) is 15.8 Å². The maximum atomic E-state index is 10.2. The lowest BCUT2D eigenvalue weighted by atomic mass is 10.2. The van der Waals surface area contributed by atoms with E-state index >= 15 is 0 Å². The Labute approximate surface area is 171 Å². The molecule has 9 heteroatoms. The molecule has 0 unspecified atom stereocenters. The number of H-pyrrole nitrogens is 1. The van der Waals surface area contributed by atoms with Crippen molar-refractivity contribution in [1.82, 2.24) is 14.9 Å². The largest absolute Gasteiger partial charge is 0.506 e. The molecule has 0 bridgehead atoms. The van der Waals surface area contributed by atoms with E-state index in [0.29, 0.717) is 27.2 Å². The Kier molecular flexibility index (Phi) is 5.90. The maximum absolute atomic E-state index is 10.2. The van der Waals surface area contributed by atoms with Gasteiger partial charge in [0.2, 0.25) is 4.77 Å². The number of phenolic OH excluding ortho intramolecular Hbond substituents is 1. The van der Waals surface area contributed by atoms with Crippen LogP contribution in [0.3, 0.4) is 0 Å². The van der Waals surface area contributed by atoms with Crippen molar-refractivity contribution < 1.29 is 9.84 Å². The molecule has 3 aromatic rings. The molecule has 26 heavy (non-hydrogen) atoms. The summed E-state index contributed by atoms with van der Waals surface area (Å²) in [5, 5.41) is 21.5. The Morgan fingerprint density at radius 1 is 1.35 bits per heavy atom. The van der Waals surface area contributed by atoms with E-state index in [2.05, 4.69) is 47.2 Å². The molecule has 0 fully saturated rings. The van der Waals surface area contributed by atoms with Gasteiger partial charge in [0.15, 0.2) is 5.82 Å². The third kappa shape index (κ3) is 4.05. The molecule has 0 radical (unpaired) electrons. The van der Waals surface area contributed by atoms with Crippen molar-refractivity contribution in [3.63, 3.8) is 0 Å². The van der Waals surface area contributed by atoms with Crippen molar-refractivity contribution in [1.29, 1.82) is 0 Å². The van der Waals surface area contributed by atoms with Crippen LogP contribution in [-0.4, -0.2) is 32.8 Å². The van der Waals surface area contributed by atoms with E-state index in [-0.39, 0.29) is 5.75 Å². The van der Waals surface area contributed by atoms with Crippen molar-refractivity contribution in [2.75, 3.05) is 6.61 Å². The maximum Gasteiger partial charge on any atom is 0.216 e. The van der Waals surface area contributed by atoms with Gasteiger partial charge >= 0.3 is 0 Å². The van der Waals surface area contributed by atoms with Gasteiger partial charge in [0.1, 0.15) is 11.5 Å².